The summed E-state index contributed by atoms with van der Waals surface area (Å²) in [6, 6.07) is 8.97. The van der Waals surface area contributed by atoms with Gasteiger partial charge in [-0.15, -0.1) is 5.10 Å². The van der Waals surface area contributed by atoms with Crippen molar-refractivity contribution in [3.63, 3.8) is 0 Å². The van der Waals surface area contributed by atoms with E-state index in [1.807, 2.05) is 13.0 Å². The molecule has 11 heteroatoms. The average molecular weight is 436 g/mol. The first kappa shape index (κ1) is 25.5. The van der Waals surface area contributed by atoms with Gasteiger partial charge in [0.05, 0.1) is 0 Å². The van der Waals surface area contributed by atoms with Crippen molar-refractivity contribution < 1.29 is 19.4 Å². The van der Waals surface area contributed by atoms with E-state index in [-0.39, 0.29) is 31.5 Å². The summed E-state index contributed by atoms with van der Waals surface area (Å²) in [7, 11) is 0. The van der Waals surface area contributed by atoms with Gasteiger partial charge in [0, 0.05) is 13.1 Å². The molecule has 0 saturated heterocycles. The third-order valence-electron chi connectivity index (χ3n) is 4.55. The van der Waals surface area contributed by atoms with E-state index in [1.54, 1.807) is 24.3 Å². The molecule has 0 heterocycles. The van der Waals surface area contributed by atoms with Gasteiger partial charge < -0.3 is 32.8 Å². The molecule has 1 aromatic carbocycles. The molecular weight excluding hydrogens is 402 g/mol. The number of hydrazone groups is 1. The lowest BCUT2D eigenvalue weighted by atomic mass is 9.91. The van der Waals surface area contributed by atoms with Gasteiger partial charge >= 0.3 is 11.9 Å². The zero-order chi connectivity index (χ0) is 23.3. The van der Waals surface area contributed by atoms with E-state index >= 15 is 0 Å². The minimum Gasteiger partial charge on any atom is -0.479 e. The summed E-state index contributed by atoms with van der Waals surface area (Å²) in [6.45, 7) is 2.31. The number of ether oxygens (including phenoxy) is 1. The fourth-order valence-corrected chi connectivity index (χ4v) is 2.96. The van der Waals surface area contributed by atoms with E-state index in [2.05, 4.69) is 10.1 Å². The van der Waals surface area contributed by atoms with Gasteiger partial charge in [0.15, 0.2) is 5.96 Å². The zero-order valence-corrected chi connectivity index (χ0v) is 17.9. The molecule has 0 amide bonds. The lowest BCUT2D eigenvalue weighted by Crippen LogP contribution is -2.60. The number of aliphatic imine (C=N–C) groups is 1. The first-order valence-electron chi connectivity index (χ1n) is 10.1. The van der Waals surface area contributed by atoms with Crippen LogP contribution in [-0.4, -0.2) is 52.6 Å². The highest BCUT2D eigenvalue weighted by Gasteiger charge is 2.52. The van der Waals surface area contributed by atoms with Crippen LogP contribution in [0.1, 0.15) is 44.6 Å². The van der Waals surface area contributed by atoms with Crippen LogP contribution in [0, 0.1) is 0 Å². The van der Waals surface area contributed by atoms with Gasteiger partial charge in [-0.3, -0.25) is 10.0 Å². The Morgan fingerprint density at radius 2 is 1.74 bits per heavy atom. The minimum atomic E-state index is -2.09. The predicted octanol–water partition coefficient (Wildman–Crippen LogP) is 0.287. The van der Waals surface area contributed by atoms with Gasteiger partial charge in [-0.1, -0.05) is 43.7 Å². The number of unbranched alkanes of at least 4 members (excludes halogenated alkanes) is 2. The molecular formula is C20H33N7O4. The Morgan fingerprint density at radius 1 is 1.06 bits per heavy atom. The number of hydrogen-bond acceptors (Lipinski definition) is 6. The van der Waals surface area contributed by atoms with Crippen LogP contribution >= 0.6 is 0 Å². The molecule has 0 saturated carbocycles. The van der Waals surface area contributed by atoms with Gasteiger partial charge in [0.25, 0.3) is 5.54 Å². The number of carbonyl (C=O) groups is 2. The van der Waals surface area contributed by atoms with E-state index in [0.29, 0.717) is 25.8 Å². The minimum absolute atomic E-state index is 0.0585. The predicted molar refractivity (Wildman–Crippen MR) is 119 cm³/mol. The zero-order valence-electron chi connectivity index (χ0n) is 17.9. The third-order valence-corrected chi connectivity index (χ3v) is 4.55. The van der Waals surface area contributed by atoms with Crippen molar-refractivity contribution in [2.24, 2.45) is 33.0 Å². The molecule has 0 unspecified atom stereocenters. The number of carboxylic acid groups (broad SMARTS) is 1. The Morgan fingerprint density at radius 3 is 2.29 bits per heavy atom. The fraction of sp³-hybridized carbons (Fsp3) is 0.500. The second-order valence-electron chi connectivity index (χ2n) is 6.99. The third kappa shape index (κ3) is 8.03. The lowest BCUT2D eigenvalue weighted by molar-refractivity contribution is -0.174. The van der Waals surface area contributed by atoms with Crippen molar-refractivity contribution in [1.82, 2.24) is 5.01 Å². The number of rotatable bonds is 14. The summed E-state index contributed by atoms with van der Waals surface area (Å²) in [5.41, 5.74) is 20.3. The Bertz CT molecular complexity index is 762. The van der Waals surface area contributed by atoms with Crippen LogP contribution in [0.15, 0.2) is 40.4 Å². The van der Waals surface area contributed by atoms with Crippen molar-refractivity contribution in [2.45, 2.75) is 51.2 Å². The van der Waals surface area contributed by atoms with Gasteiger partial charge in [-0.05, 0) is 31.2 Å². The van der Waals surface area contributed by atoms with Crippen molar-refractivity contribution in [1.29, 1.82) is 0 Å². The number of carboxylic acids is 1. The summed E-state index contributed by atoms with van der Waals surface area (Å²) in [5.74, 6) is -2.74. The number of nitrogens with zero attached hydrogens (tertiary/aromatic N) is 3. The second kappa shape index (κ2) is 12.9. The first-order chi connectivity index (χ1) is 14.7. The molecule has 9 N–H and O–H groups in total. The number of aliphatic carboxylic acids is 1. The maximum absolute atomic E-state index is 13.2. The number of benzene rings is 1. The molecule has 0 radical (unpaired) electrons. The number of hydrogen-bond donors (Lipinski definition) is 5. The Balaban J connectivity index is 3.19. The molecule has 11 nitrogen and oxygen atoms in total. The number of nitrogens with two attached hydrogens (primary N) is 4. The summed E-state index contributed by atoms with van der Waals surface area (Å²) >= 11 is 0. The van der Waals surface area contributed by atoms with Crippen molar-refractivity contribution in [2.75, 3.05) is 13.1 Å². The number of esters is 1. The van der Waals surface area contributed by atoms with Crippen LogP contribution in [0.5, 0.6) is 0 Å². The highest BCUT2D eigenvalue weighted by Crippen LogP contribution is 2.27. The standard InChI is InChI=1S/C20H33N7O4/c1-2-3-13-27(26-19(23)24)20(16(28)29,11-7-8-12-25-18(21)22)17(30)31-14-15-9-5-4-6-10-15/h4-6,9-10H,2-3,7-8,11-14H2,1H3,(H,28,29)(H4,21,22,25)(H4,23,24,26)/t20-/m1/s1. The van der Waals surface area contributed by atoms with Crippen molar-refractivity contribution >= 4 is 23.9 Å². The molecule has 0 fully saturated rings. The van der Waals surface area contributed by atoms with E-state index in [0.717, 1.165) is 17.0 Å². The average Bonchev–Trinajstić information content (AvgIpc) is 2.72. The molecule has 0 aliphatic carbocycles. The number of carbonyl (C=O) groups excluding carboxylic acids is 1. The van der Waals surface area contributed by atoms with Gasteiger partial charge in [0.1, 0.15) is 6.61 Å². The normalized spacial score (nSPS) is 12.3. The summed E-state index contributed by atoms with van der Waals surface area (Å²) in [5, 5.41) is 15.3. The van der Waals surface area contributed by atoms with Crippen LogP contribution in [0.2, 0.25) is 0 Å². The maximum atomic E-state index is 13.2. The Hall–Kier alpha value is -3.50. The molecule has 172 valence electrons. The highest BCUT2D eigenvalue weighted by molar-refractivity contribution is 6.04. The smallest absolute Gasteiger partial charge is 0.345 e. The van der Waals surface area contributed by atoms with E-state index in [9.17, 15) is 14.7 Å². The van der Waals surface area contributed by atoms with E-state index < -0.39 is 17.5 Å². The van der Waals surface area contributed by atoms with Gasteiger partial charge in [-0.2, -0.15) is 0 Å². The van der Waals surface area contributed by atoms with Crippen LogP contribution in [0.3, 0.4) is 0 Å². The fourth-order valence-electron chi connectivity index (χ4n) is 2.96. The lowest BCUT2D eigenvalue weighted by Gasteiger charge is -2.36. The molecule has 0 spiro atoms. The SMILES string of the molecule is CCCCN(N=C(N)N)[C@](CCCCN=C(N)N)(C(=O)O)C(=O)OCc1ccccc1. The topological polar surface area (TPSA) is 196 Å². The van der Waals surface area contributed by atoms with Crippen molar-refractivity contribution in [3.05, 3.63) is 35.9 Å². The molecule has 0 bridgehead atoms. The summed E-state index contributed by atoms with van der Waals surface area (Å²) in [4.78, 5) is 29.5. The highest BCUT2D eigenvalue weighted by atomic mass is 16.5. The molecule has 0 aliphatic rings. The summed E-state index contributed by atoms with van der Waals surface area (Å²) in [6.07, 6.45) is 2.02. The monoisotopic (exact) mass is 435 g/mol. The van der Waals surface area contributed by atoms with E-state index in [4.69, 9.17) is 27.7 Å². The second-order valence-corrected chi connectivity index (χ2v) is 6.99. The molecule has 1 aromatic rings. The van der Waals surface area contributed by atoms with Crippen molar-refractivity contribution in [3.8, 4) is 0 Å². The number of guanidine groups is 2. The molecule has 1 rings (SSSR count). The molecule has 1 atom stereocenters. The Labute approximate surface area is 182 Å². The Kier molecular flexibility index (Phi) is 10.7. The van der Waals surface area contributed by atoms with Crippen LogP contribution in [0.4, 0.5) is 0 Å². The van der Waals surface area contributed by atoms with Gasteiger partial charge in [-0.25, -0.2) is 9.59 Å². The molecule has 0 aromatic heterocycles. The maximum Gasteiger partial charge on any atom is 0.345 e. The van der Waals surface area contributed by atoms with Crippen LogP contribution < -0.4 is 22.9 Å². The van der Waals surface area contributed by atoms with Gasteiger partial charge in [0.2, 0.25) is 5.96 Å². The summed E-state index contributed by atoms with van der Waals surface area (Å²) < 4.78 is 5.41. The van der Waals surface area contributed by atoms with Crippen LogP contribution in [-0.2, 0) is 20.9 Å². The largest absolute Gasteiger partial charge is 0.479 e. The molecule has 31 heavy (non-hydrogen) atoms. The molecule has 0 aliphatic heterocycles. The van der Waals surface area contributed by atoms with E-state index in [1.165, 1.54) is 0 Å². The van der Waals surface area contributed by atoms with Crippen LogP contribution in [0.25, 0.3) is 0 Å². The first-order valence-corrected chi connectivity index (χ1v) is 10.1. The quantitative estimate of drug-likeness (QED) is 0.0681.